The molecule has 9 heteroatoms. The van der Waals surface area contributed by atoms with E-state index < -0.39 is 40.0 Å². The number of nitrogens with zero attached hydrogens (tertiary/aromatic N) is 1. The van der Waals surface area contributed by atoms with Crippen LogP contribution in [0.4, 0.5) is 33.5 Å². The van der Waals surface area contributed by atoms with Gasteiger partial charge in [-0.3, -0.25) is 0 Å². The normalized spacial score (nSPS) is 11.6. The fourth-order valence-electron chi connectivity index (χ4n) is 1.51. The molecular formula is C12H5BrClF5N2. The van der Waals surface area contributed by atoms with Gasteiger partial charge in [-0.25, -0.2) is 13.8 Å². The van der Waals surface area contributed by atoms with E-state index >= 15 is 0 Å². The van der Waals surface area contributed by atoms with Gasteiger partial charge >= 0.3 is 6.18 Å². The van der Waals surface area contributed by atoms with E-state index in [1.807, 2.05) is 0 Å². The molecule has 2 nitrogen and oxygen atoms in total. The van der Waals surface area contributed by atoms with E-state index in [4.69, 9.17) is 11.6 Å². The minimum Gasteiger partial charge on any atom is -0.335 e. The number of halogens is 7. The molecule has 0 aliphatic carbocycles. The summed E-state index contributed by atoms with van der Waals surface area (Å²) in [4.78, 5) is 3.56. The van der Waals surface area contributed by atoms with Crippen molar-refractivity contribution in [3.63, 3.8) is 0 Å². The summed E-state index contributed by atoms with van der Waals surface area (Å²) < 4.78 is 65.3. The van der Waals surface area contributed by atoms with Gasteiger partial charge < -0.3 is 5.32 Å². The van der Waals surface area contributed by atoms with Crippen molar-refractivity contribution in [2.75, 3.05) is 5.32 Å². The summed E-state index contributed by atoms with van der Waals surface area (Å²) in [5, 5.41) is 1.70. The molecule has 0 aliphatic rings. The van der Waals surface area contributed by atoms with Gasteiger partial charge in [-0.1, -0.05) is 27.5 Å². The maximum Gasteiger partial charge on any atom is 0.416 e. The second-order valence-corrected chi connectivity index (χ2v) is 5.23. The van der Waals surface area contributed by atoms with E-state index in [-0.39, 0.29) is 4.47 Å². The summed E-state index contributed by atoms with van der Waals surface area (Å²) in [6.45, 7) is 0. The van der Waals surface area contributed by atoms with Crippen molar-refractivity contribution in [2.24, 2.45) is 0 Å². The van der Waals surface area contributed by atoms with Gasteiger partial charge in [-0.15, -0.1) is 0 Å². The molecule has 0 aliphatic heterocycles. The molecule has 0 saturated carbocycles. The summed E-state index contributed by atoms with van der Waals surface area (Å²) in [6.07, 6.45) is -4.65. The van der Waals surface area contributed by atoms with Gasteiger partial charge in [0, 0.05) is 4.47 Å². The molecule has 2 rings (SSSR count). The van der Waals surface area contributed by atoms with E-state index in [1.165, 1.54) is 0 Å². The SMILES string of the molecule is Fc1cc(Br)cc(F)c1Nc1cc(C(F)(F)F)cc(Cl)n1. The average Bonchev–Trinajstić information content (AvgIpc) is 2.32. The maximum atomic E-state index is 13.6. The molecule has 21 heavy (non-hydrogen) atoms. The smallest absolute Gasteiger partial charge is 0.335 e. The Morgan fingerprint density at radius 2 is 1.62 bits per heavy atom. The maximum absolute atomic E-state index is 13.6. The molecule has 2 aromatic rings. The summed E-state index contributed by atoms with van der Waals surface area (Å²) in [6, 6.07) is 3.13. The number of hydrogen-bond donors (Lipinski definition) is 1. The second-order valence-electron chi connectivity index (χ2n) is 3.93. The topological polar surface area (TPSA) is 24.9 Å². The lowest BCUT2D eigenvalue weighted by Crippen LogP contribution is -2.07. The fraction of sp³-hybridized carbons (Fsp3) is 0.0833. The van der Waals surface area contributed by atoms with E-state index in [9.17, 15) is 22.0 Å². The van der Waals surface area contributed by atoms with Crippen LogP contribution in [0.15, 0.2) is 28.7 Å². The van der Waals surface area contributed by atoms with Gasteiger partial charge in [-0.05, 0) is 24.3 Å². The number of aromatic nitrogens is 1. The quantitative estimate of drug-likeness (QED) is 0.541. The third kappa shape index (κ3) is 3.82. The lowest BCUT2D eigenvalue weighted by Gasteiger charge is -2.12. The summed E-state index contributed by atoms with van der Waals surface area (Å²) in [5.41, 5.74) is -1.70. The molecule has 0 unspecified atom stereocenters. The Balaban J connectivity index is 2.43. The molecule has 0 atom stereocenters. The van der Waals surface area contributed by atoms with Gasteiger partial charge in [0.05, 0.1) is 5.56 Å². The Labute approximate surface area is 129 Å². The third-order valence-electron chi connectivity index (χ3n) is 2.38. The molecule has 0 spiro atoms. The minimum atomic E-state index is -4.65. The molecule has 0 saturated heterocycles. The van der Waals surface area contributed by atoms with Crippen LogP contribution in [0.25, 0.3) is 0 Å². The van der Waals surface area contributed by atoms with Crippen LogP contribution in [0.3, 0.4) is 0 Å². The lowest BCUT2D eigenvalue weighted by atomic mass is 10.2. The van der Waals surface area contributed by atoms with Gasteiger partial charge in [-0.2, -0.15) is 13.2 Å². The van der Waals surface area contributed by atoms with E-state index in [1.54, 1.807) is 0 Å². The molecule has 1 aromatic carbocycles. The van der Waals surface area contributed by atoms with E-state index in [0.717, 1.165) is 12.1 Å². The summed E-state index contributed by atoms with van der Waals surface area (Å²) >= 11 is 8.37. The Hall–Kier alpha value is -1.41. The van der Waals surface area contributed by atoms with Crippen molar-refractivity contribution in [1.29, 1.82) is 0 Å². The molecule has 0 bridgehead atoms. The molecule has 1 aromatic heterocycles. The van der Waals surface area contributed by atoms with Crippen molar-refractivity contribution < 1.29 is 22.0 Å². The molecule has 112 valence electrons. The first-order valence-corrected chi connectivity index (χ1v) is 6.50. The van der Waals surface area contributed by atoms with E-state index in [2.05, 4.69) is 26.2 Å². The van der Waals surface area contributed by atoms with Crippen molar-refractivity contribution in [3.05, 3.63) is 51.1 Å². The Kier molecular flexibility index (Phi) is 4.38. The first-order chi connectivity index (χ1) is 9.66. The molecule has 0 radical (unpaired) electrons. The largest absolute Gasteiger partial charge is 0.416 e. The van der Waals surface area contributed by atoms with Crippen molar-refractivity contribution in [2.45, 2.75) is 6.18 Å². The highest BCUT2D eigenvalue weighted by Crippen LogP contribution is 2.33. The van der Waals surface area contributed by atoms with Crippen LogP contribution in [-0.2, 0) is 6.18 Å². The van der Waals surface area contributed by atoms with Crippen molar-refractivity contribution in [3.8, 4) is 0 Å². The zero-order chi connectivity index (χ0) is 15.8. The molecule has 0 amide bonds. The first-order valence-electron chi connectivity index (χ1n) is 5.33. The van der Waals surface area contributed by atoms with Gasteiger partial charge in [0.25, 0.3) is 0 Å². The van der Waals surface area contributed by atoms with Crippen LogP contribution in [0.1, 0.15) is 5.56 Å². The fourth-order valence-corrected chi connectivity index (χ4v) is 2.12. The van der Waals surface area contributed by atoms with Crippen LogP contribution in [0.5, 0.6) is 0 Å². The standard InChI is InChI=1S/C12H5BrClF5N2/c13-6-3-7(15)11(8(16)4-6)21-10-2-5(12(17,18)19)1-9(14)20-10/h1-4H,(H,20,21). The summed E-state index contributed by atoms with van der Waals surface area (Å²) in [5.74, 6) is -2.40. The number of pyridine rings is 1. The van der Waals surface area contributed by atoms with E-state index in [0.29, 0.717) is 12.1 Å². The monoisotopic (exact) mass is 386 g/mol. The number of anilines is 2. The number of benzene rings is 1. The molecule has 1 N–H and O–H groups in total. The molecule has 0 fully saturated rings. The third-order valence-corrected chi connectivity index (χ3v) is 3.03. The number of hydrogen-bond acceptors (Lipinski definition) is 2. The Morgan fingerprint density at radius 3 is 2.14 bits per heavy atom. The highest BCUT2D eigenvalue weighted by atomic mass is 79.9. The van der Waals surface area contributed by atoms with Crippen LogP contribution in [0.2, 0.25) is 5.15 Å². The van der Waals surface area contributed by atoms with Gasteiger partial charge in [0.2, 0.25) is 0 Å². The predicted molar refractivity (Wildman–Crippen MR) is 71.6 cm³/mol. The van der Waals surface area contributed by atoms with Crippen LogP contribution >= 0.6 is 27.5 Å². The lowest BCUT2D eigenvalue weighted by molar-refractivity contribution is -0.137. The number of rotatable bonds is 2. The van der Waals surface area contributed by atoms with Crippen LogP contribution in [0, 0.1) is 11.6 Å². The summed E-state index contributed by atoms with van der Waals surface area (Å²) in [7, 11) is 0. The molecular weight excluding hydrogens is 382 g/mol. The Bertz CT molecular complexity index is 667. The van der Waals surface area contributed by atoms with Gasteiger partial charge in [0.15, 0.2) is 11.6 Å². The van der Waals surface area contributed by atoms with Crippen molar-refractivity contribution in [1.82, 2.24) is 4.98 Å². The minimum absolute atomic E-state index is 0.151. The number of nitrogens with one attached hydrogen (secondary N) is 1. The highest BCUT2D eigenvalue weighted by Gasteiger charge is 2.31. The zero-order valence-corrected chi connectivity index (χ0v) is 12.2. The van der Waals surface area contributed by atoms with Crippen LogP contribution < -0.4 is 5.32 Å². The highest BCUT2D eigenvalue weighted by molar-refractivity contribution is 9.10. The predicted octanol–water partition coefficient (Wildman–Crippen LogP) is 5.54. The van der Waals surface area contributed by atoms with Crippen molar-refractivity contribution >= 4 is 39.0 Å². The molecule has 1 heterocycles. The van der Waals surface area contributed by atoms with Crippen LogP contribution in [-0.4, -0.2) is 4.98 Å². The first kappa shape index (κ1) is 16.0. The average molecular weight is 388 g/mol. The number of alkyl halides is 3. The second kappa shape index (κ2) is 5.76. The van der Waals surface area contributed by atoms with Gasteiger partial charge in [0.1, 0.15) is 16.7 Å². The zero-order valence-electron chi connectivity index (χ0n) is 9.90. The Morgan fingerprint density at radius 1 is 1.05 bits per heavy atom.